The first-order chi connectivity index (χ1) is 12.0. The van der Waals surface area contributed by atoms with Crippen LogP contribution in [0, 0.1) is 13.8 Å². The molecule has 0 aliphatic rings. The number of benzene rings is 2. The van der Waals surface area contributed by atoms with Crippen LogP contribution in [0.4, 0.5) is 0 Å². The van der Waals surface area contributed by atoms with E-state index in [0.717, 1.165) is 22.7 Å². The predicted octanol–water partition coefficient (Wildman–Crippen LogP) is 5.25. The van der Waals surface area contributed by atoms with Gasteiger partial charge in [0.2, 0.25) is 0 Å². The van der Waals surface area contributed by atoms with Gasteiger partial charge in [-0.05, 0) is 38.5 Å². The summed E-state index contributed by atoms with van der Waals surface area (Å²) in [6.07, 6.45) is 0. The van der Waals surface area contributed by atoms with Crippen LogP contribution in [0.25, 0.3) is 11.3 Å². The Morgan fingerprint density at radius 1 is 1.12 bits per heavy atom. The third-order valence-corrected chi connectivity index (χ3v) is 5.34. The number of aryl methyl sites for hydroxylation is 2. The third kappa shape index (κ3) is 3.60. The van der Waals surface area contributed by atoms with E-state index >= 15 is 0 Å². The predicted molar refractivity (Wildman–Crippen MR) is 104 cm³/mol. The Balaban J connectivity index is 2.12. The second-order valence-corrected chi connectivity index (χ2v) is 7.39. The fourth-order valence-electron chi connectivity index (χ4n) is 2.75. The highest BCUT2D eigenvalue weighted by Gasteiger charge is 2.14. The Kier molecular flexibility index (Phi) is 5.21. The van der Waals surface area contributed by atoms with Crippen molar-refractivity contribution < 1.29 is 4.79 Å². The molecule has 3 nitrogen and oxygen atoms in total. The Bertz CT molecular complexity index is 984. The van der Waals surface area contributed by atoms with Crippen molar-refractivity contribution >= 4 is 28.8 Å². The standard InChI is InChI=1S/C20H19ClN2OS/c1-4-23-18(15-11-9-13(2)10-12-15)14(3)25-20(23)22-19(24)16-7-5-6-8-17(16)21/h5-12H,4H2,1-3H3. The zero-order valence-electron chi connectivity index (χ0n) is 14.4. The van der Waals surface area contributed by atoms with Crippen molar-refractivity contribution in [3.05, 3.63) is 74.4 Å². The number of amides is 1. The molecule has 2 aromatic carbocycles. The van der Waals surface area contributed by atoms with Gasteiger partial charge in [0.15, 0.2) is 4.80 Å². The molecule has 0 bridgehead atoms. The largest absolute Gasteiger partial charge is 0.316 e. The highest BCUT2D eigenvalue weighted by molar-refractivity contribution is 7.09. The molecule has 0 unspecified atom stereocenters. The van der Waals surface area contributed by atoms with Crippen molar-refractivity contribution in [3.63, 3.8) is 0 Å². The molecule has 0 saturated carbocycles. The molecule has 0 aliphatic heterocycles. The van der Waals surface area contributed by atoms with Crippen molar-refractivity contribution in [1.82, 2.24) is 4.57 Å². The van der Waals surface area contributed by atoms with Gasteiger partial charge < -0.3 is 4.57 Å². The molecular weight excluding hydrogens is 352 g/mol. The molecule has 0 saturated heterocycles. The fourth-order valence-corrected chi connectivity index (χ4v) is 4.03. The van der Waals surface area contributed by atoms with Crippen molar-refractivity contribution in [3.8, 4) is 11.3 Å². The maximum Gasteiger partial charge on any atom is 0.281 e. The van der Waals surface area contributed by atoms with Crippen molar-refractivity contribution in [1.29, 1.82) is 0 Å². The van der Waals surface area contributed by atoms with Crippen molar-refractivity contribution in [2.45, 2.75) is 27.3 Å². The van der Waals surface area contributed by atoms with E-state index in [0.29, 0.717) is 15.4 Å². The SMILES string of the molecule is CCn1c(-c2ccc(C)cc2)c(C)sc1=NC(=O)c1ccccc1Cl. The van der Waals surface area contributed by atoms with Gasteiger partial charge in [-0.2, -0.15) is 4.99 Å². The second kappa shape index (κ2) is 7.38. The van der Waals surface area contributed by atoms with Crippen molar-refractivity contribution in [2.75, 3.05) is 0 Å². The molecule has 1 amide bonds. The summed E-state index contributed by atoms with van der Waals surface area (Å²) in [5, 5.41) is 0.423. The van der Waals surface area contributed by atoms with E-state index in [9.17, 15) is 4.79 Å². The van der Waals surface area contributed by atoms with Crippen molar-refractivity contribution in [2.24, 2.45) is 4.99 Å². The van der Waals surface area contributed by atoms with Crippen LogP contribution >= 0.6 is 22.9 Å². The number of hydrogen-bond acceptors (Lipinski definition) is 2. The van der Waals surface area contributed by atoms with Gasteiger partial charge in [-0.1, -0.05) is 53.6 Å². The highest BCUT2D eigenvalue weighted by Crippen LogP contribution is 2.25. The zero-order chi connectivity index (χ0) is 18.0. The van der Waals surface area contributed by atoms with E-state index in [4.69, 9.17) is 11.6 Å². The summed E-state index contributed by atoms with van der Waals surface area (Å²) in [7, 11) is 0. The molecule has 128 valence electrons. The van der Waals surface area contributed by atoms with Crippen LogP contribution in [-0.2, 0) is 6.54 Å². The van der Waals surface area contributed by atoms with Crippen LogP contribution in [0.2, 0.25) is 5.02 Å². The Morgan fingerprint density at radius 3 is 2.44 bits per heavy atom. The average Bonchev–Trinajstić information content (AvgIpc) is 2.91. The molecule has 25 heavy (non-hydrogen) atoms. The van der Waals surface area contributed by atoms with Gasteiger partial charge in [0.1, 0.15) is 0 Å². The minimum atomic E-state index is -0.315. The minimum absolute atomic E-state index is 0.315. The average molecular weight is 371 g/mol. The summed E-state index contributed by atoms with van der Waals surface area (Å²) in [5.41, 5.74) is 3.89. The Morgan fingerprint density at radius 2 is 1.80 bits per heavy atom. The van der Waals surface area contributed by atoms with Gasteiger partial charge in [0, 0.05) is 11.4 Å². The lowest BCUT2D eigenvalue weighted by Gasteiger charge is -2.08. The first-order valence-corrected chi connectivity index (χ1v) is 9.31. The summed E-state index contributed by atoms with van der Waals surface area (Å²) in [6.45, 7) is 6.93. The lowest BCUT2D eigenvalue weighted by Crippen LogP contribution is -2.17. The smallest absolute Gasteiger partial charge is 0.281 e. The lowest BCUT2D eigenvalue weighted by atomic mass is 10.1. The molecule has 0 aliphatic carbocycles. The molecule has 5 heteroatoms. The van der Waals surface area contributed by atoms with Gasteiger partial charge >= 0.3 is 0 Å². The van der Waals surface area contributed by atoms with E-state index in [1.807, 2.05) is 0 Å². The van der Waals surface area contributed by atoms with Crippen LogP contribution in [0.1, 0.15) is 27.7 Å². The van der Waals surface area contributed by atoms with E-state index in [1.54, 1.807) is 24.3 Å². The maximum atomic E-state index is 12.5. The molecule has 1 heterocycles. The van der Waals surface area contributed by atoms with Gasteiger partial charge in [0.25, 0.3) is 5.91 Å². The number of thiazole rings is 1. The first-order valence-electron chi connectivity index (χ1n) is 8.12. The molecule has 3 rings (SSSR count). The van der Waals surface area contributed by atoms with Crippen LogP contribution in [-0.4, -0.2) is 10.5 Å². The summed E-state index contributed by atoms with van der Waals surface area (Å²) in [5.74, 6) is -0.315. The highest BCUT2D eigenvalue weighted by atomic mass is 35.5. The molecule has 0 N–H and O–H groups in total. The molecule has 0 fully saturated rings. The molecule has 0 atom stereocenters. The topological polar surface area (TPSA) is 34.4 Å². The number of aromatic nitrogens is 1. The fraction of sp³-hybridized carbons (Fsp3) is 0.200. The zero-order valence-corrected chi connectivity index (χ0v) is 16.0. The summed E-state index contributed by atoms with van der Waals surface area (Å²) in [6, 6.07) is 15.4. The van der Waals surface area contributed by atoms with Crippen LogP contribution < -0.4 is 4.80 Å². The van der Waals surface area contributed by atoms with E-state index in [2.05, 4.69) is 54.6 Å². The Labute approximate surface area is 156 Å². The maximum absolute atomic E-state index is 12.5. The quantitative estimate of drug-likeness (QED) is 0.620. The van der Waals surface area contributed by atoms with Gasteiger partial charge in [-0.3, -0.25) is 4.79 Å². The number of hydrogen-bond donors (Lipinski definition) is 0. The molecule has 3 aromatic rings. The van der Waals surface area contributed by atoms with Crippen LogP contribution in [0.5, 0.6) is 0 Å². The van der Waals surface area contributed by atoms with E-state index in [1.165, 1.54) is 16.9 Å². The van der Waals surface area contributed by atoms with E-state index < -0.39 is 0 Å². The number of rotatable bonds is 3. The summed E-state index contributed by atoms with van der Waals surface area (Å²) in [4.78, 5) is 18.7. The normalized spacial score (nSPS) is 11.8. The minimum Gasteiger partial charge on any atom is -0.316 e. The monoisotopic (exact) mass is 370 g/mol. The third-order valence-electron chi connectivity index (χ3n) is 4.02. The molecule has 0 spiro atoms. The number of halogens is 1. The first kappa shape index (κ1) is 17.6. The Hall–Kier alpha value is -2.17. The lowest BCUT2D eigenvalue weighted by molar-refractivity contribution is 0.0998. The number of nitrogens with zero attached hydrogens (tertiary/aromatic N) is 2. The van der Waals surface area contributed by atoms with Gasteiger partial charge in [-0.15, -0.1) is 11.3 Å². The number of carbonyl (C=O) groups excluding carboxylic acids is 1. The van der Waals surface area contributed by atoms with E-state index in [-0.39, 0.29) is 5.91 Å². The molecule has 1 aromatic heterocycles. The number of carbonyl (C=O) groups is 1. The summed E-state index contributed by atoms with van der Waals surface area (Å²) >= 11 is 7.65. The summed E-state index contributed by atoms with van der Waals surface area (Å²) < 4.78 is 2.08. The van der Waals surface area contributed by atoms with Crippen LogP contribution in [0.15, 0.2) is 53.5 Å². The second-order valence-electron chi connectivity index (χ2n) is 5.80. The van der Waals surface area contributed by atoms with Gasteiger partial charge in [-0.25, -0.2) is 0 Å². The van der Waals surface area contributed by atoms with Gasteiger partial charge in [0.05, 0.1) is 16.3 Å². The van der Waals surface area contributed by atoms with Crippen LogP contribution in [0.3, 0.4) is 0 Å². The molecule has 0 radical (unpaired) electrons. The molecular formula is C20H19ClN2OS.